The fourth-order valence-electron chi connectivity index (χ4n) is 3.99. The van der Waals surface area contributed by atoms with Gasteiger partial charge in [0.2, 0.25) is 0 Å². The minimum atomic E-state index is -0.113. The molecule has 154 valence electrons. The van der Waals surface area contributed by atoms with E-state index >= 15 is 0 Å². The third-order valence-electron chi connectivity index (χ3n) is 5.90. The van der Waals surface area contributed by atoms with Gasteiger partial charge < -0.3 is 15.5 Å². The van der Waals surface area contributed by atoms with Crippen molar-refractivity contribution in [3.8, 4) is 0 Å². The van der Waals surface area contributed by atoms with Crippen LogP contribution in [0, 0.1) is 5.82 Å². The number of nitrogens with one attached hydrogen (secondary N) is 2. The first-order valence-corrected chi connectivity index (χ1v) is 10.7. The highest BCUT2D eigenvalue weighted by atomic mass is 19.1. The van der Waals surface area contributed by atoms with Gasteiger partial charge in [0, 0.05) is 37.8 Å². The molecule has 0 amide bonds. The van der Waals surface area contributed by atoms with Crippen LogP contribution in [-0.2, 0) is 12.0 Å². The average Bonchev–Trinajstić information content (AvgIpc) is 3.32. The van der Waals surface area contributed by atoms with E-state index in [0.717, 1.165) is 55.4 Å². The summed E-state index contributed by atoms with van der Waals surface area (Å²) in [5.41, 5.74) is 1.78. The first-order valence-electron chi connectivity index (χ1n) is 10.7. The first-order chi connectivity index (χ1) is 14.2. The zero-order chi connectivity index (χ0) is 20.1. The topological polar surface area (TPSA) is 52.6 Å². The molecule has 0 radical (unpaired) electrons. The molecule has 2 heterocycles. The van der Waals surface area contributed by atoms with E-state index in [0.29, 0.717) is 13.1 Å². The molecule has 29 heavy (non-hydrogen) atoms. The number of halogens is 1. The molecular weight excluding hydrogens is 365 g/mol. The van der Waals surface area contributed by atoms with Gasteiger partial charge in [0.1, 0.15) is 11.6 Å². The van der Waals surface area contributed by atoms with Crippen molar-refractivity contribution in [2.45, 2.75) is 44.6 Å². The molecule has 1 aliphatic carbocycles. The molecule has 1 aromatic heterocycles. The lowest BCUT2D eigenvalue weighted by atomic mass is 9.95. The van der Waals surface area contributed by atoms with E-state index in [1.54, 1.807) is 12.1 Å². The van der Waals surface area contributed by atoms with E-state index < -0.39 is 0 Å². The maximum atomic E-state index is 14.2. The fraction of sp³-hybridized carbons (Fsp3) is 0.478. The summed E-state index contributed by atoms with van der Waals surface area (Å²) in [5.74, 6) is 1.71. The Labute approximate surface area is 172 Å². The maximum absolute atomic E-state index is 14.2. The zero-order valence-electron chi connectivity index (χ0n) is 17.1. The number of aromatic nitrogens is 1. The molecule has 4 rings (SSSR count). The van der Waals surface area contributed by atoms with E-state index in [2.05, 4.69) is 32.7 Å². The molecule has 2 aromatic rings. The zero-order valence-corrected chi connectivity index (χ0v) is 17.1. The molecule has 0 bridgehead atoms. The molecule has 1 saturated heterocycles. The number of pyridine rings is 1. The summed E-state index contributed by atoms with van der Waals surface area (Å²) >= 11 is 0. The molecule has 2 aliphatic rings. The van der Waals surface area contributed by atoms with Gasteiger partial charge >= 0.3 is 0 Å². The standard InChI is InChI=1S/C23H30FN5/c1-2-25-22(28-17-23(11-12-23)19-7-3-4-8-20(19)24)27-16-18-9-10-21(26-15-18)29-13-5-6-14-29/h3-4,7-10,15H,2,5-6,11-14,16-17H2,1H3,(H2,25,27,28). The Kier molecular flexibility index (Phi) is 5.97. The van der Waals surface area contributed by atoms with Gasteiger partial charge in [-0.1, -0.05) is 24.3 Å². The highest BCUT2D eigenvalue weighted by molar-refractivity contribution is 5.80. The van der Waals surface area contributed by atoms with Crippen LogP contribution in [0.2, 0.25) is 0 Å². The predicted molar refractivity (Wildman–Crippen MR) is 116 cm³/mol. The summed E-state index contributed by atoms with van der Waals surface area (Å²) < 4.78 is 14.2. The number of benzene rings is 1. The smallest absolute Gasteiger partial charge is 0.191 e. The molecule has 0 atom stereocenters. The van der Waals surface area contributed by atoms with Crippen molar-refractivity contribution in [2.75, 3.05) is 31.1 Å². The number of nitrogens with zero attached hydrogens (tertiary/aromatic N) is 3. The molecule has 1 aromatic carbocycles. The minimum absolute atomic E-state index is 0.111. The quantitative estimate of drug-likeness (QED) is 0.556. The lowest BCUT2D eigenvalue weighted by Gasteiger charge is -2.19. The van der Waals surface area contributed by atoms with Gasteiger partial charge in [0.15, 0.2) is 5.96 Å². The summed E-state index contributed by atoms with van der Waals surface area (Å²) in [5, 5.41) is 6.71. The van der Waals surface area contributed by atoms with Crippen molar-refractivity contribution in [1.29, 1.82) is 0 Å². The average molecular weight is 396 g/mol. The molecule has 2 fully saturated rings. The number of aliphatic imine (C=N–C) groups is 1. The molecule has 1 saturated carbocycles. The Morgan fingerprint density at radius 3 is 2.59 bits per heavy atom. The highest BCUT2D eigenvalue weighted by Gasteiger charge is 2.45. The van der Waals surface area contributed by atoms with Crippen LogP contribution in [0.4, 0.5) is 10.2 Å². The van der Waals surface area contributed by atoms with Gasteiger partial charge in [0.25, 0.3) is 0 Å². The Morgan fingerprint density at radius 2 is 1.93 bits per heavy atom. The minimum Gasteiger partial charge on any atom is -0.357 e. The predicted octanol–water partition coefficient (Wildman–Crippen LogP) is 3.61. The molecule has 2 N–H and O–H groups in total. The van der Waals surface area contributed by atoms with Crippen LogP contribution in [0.15, 0.2) is 47.6 Å². The van der Waals surface area contributed by atoms with E-state index in [4.69, 9.17) is 4.99 Å². The van der Waals surface area contributed by atoms with Crippen LogP contribution in [0.3, 0.4) is 0 Å². The highest BCUT2D eigenvalue weighted by Crippen LogP contribution is 2.48. The number of guanidine groups is 1. The van der Waals surface area contributed by atoms with Gasteiger partial charge in [0.05, 0.1) is 6.54 Å². The Bertz CT molecular complexity index is 839. The third-order valence-corrected chi connectivity index (χ3v) is 5.90. The maximum Gasteiger partial charge on any atom is 0.191 e. The van der Waals surface area contributed by atoms with E-state index in [9.17, 15) is 4.39 Å². The Hall–Kier alpha value is -2.63. The Balaban J connectivity index is 1.37. The lowest BCUT2D eigenvalue weighted by molar-refractivity contribution is 0.559. The first kappa shape index (κ1) is 19.7. The van der Waals surface area contributed by atoms with Crippen molar-refractivity contribution in [1.82, 2.24) is 15.6 Å². The SMILES string of the molecule is CCNC(=NCc1ccc(N2CCCC2)nc1)NCC1(c2ccccc2F)CC1. The van der Waals surface area contributed by atoms with Gasteiger partial charge in [-0.2, -0.15) is 0 Å². The second-order valence-electron chi connectivity index (χ2n) is 8.03. The molecule has 1 aliphatic heterocycles. The van der Waals surface area contributed by atoms with Crippen LogP contribution in [-0.4, -0.2) is 37.1 Å². The summed E-state index contributed by atoms with van der Waals surface area (Å²) in [6, 6.07) is 11.3. The monoisotopic (exact) mass is 395 g/mol. The number of rotatable bonds is 7. The van der Waals surface area contributed by atoms with Crippen molar-refractivity contribution in [3.05, 3.63) is 59.5 Å². The van der Waals surface area contributed by atoms with Gasteiger partial charge in [-0.25, -0.2) is 14.4 Å². The molecule has 5 nitrogen and oxygen atoms in total. The number of hydrogen-bond donors (Lipinski definition) is 2. The molecule has 6 heteroatoms. The number of anilines is 1. The molecule has 0 unspecified atom stereocenters. The normalized spacial score (nSPS) is 18.0. The van der Waals surface area contributed by atoms with Crippen LogP contribution < -0.4 is 15.5 Å². The second kappa shape index (κ2) is 8.80. The summed E-state index contributed by atoms with van der Waals surface area (Å²) in [6.45, 7) is 6.28. The van der Waals surface area contributed by atoms with Gasteiger partial charge in [-0.3, -0.25) is 0 Å². The van der Waals surface area contributed by atoms with Crippen molar-refractivity contribution in [3.63, 3.8) is 0 Å². The second-order valence-corrected chi connectivity index (χ2v) is 8.03. The van der Waals surface area contributed by atoms with Crippen LogP contribution in [0.25, 0.3) is 0 Å². The fourth-order valence-corrected chi connectivity index (χ4v) is 3.99. The summed E-state index contributed by atoms with van der Waals surface area (Å²) in [6.07, 6.45) is 6.42. The van der Waals surface area contributed by atoms with Crippen molar-refractivity contribution >= 4 is 11.8 Å². The van der Waals surface area contributed by atoms with Crippen LogP contribution in [0.5, 0.6) is 0 Å². The van der Waals surface area contributed by atoms with E-state index in [1.165, 1.54) is 12.8 Å². The van der Waals surface area contributed by atoms with E-state index in [-0.39, 0.29) is 11.2 Å². The van der Waals surface area contributed by atoms with Gasteiger partial charge in [-0.15, -0.1) is 0 Å². The van der Waals surface area contributed by atoms with E-state index in [1.807, 2.05) is 25.3 Å². The van der Waals surface area contributed by atoms with Crippen molar-refractivity contribution < 1.29 is 4.39 Å². The third kappa shape index (κ3) is 4.69. The largest absolute Gasteiger partial charge is 0.357 e. The van der Waals surface area contributed by atoms with Crippen molar-refractivity contribution in [2.24, 2.45) is 4.99 Å². The molecule has 0 spiro atoms. The Morgan fingerprint density at radius 1 is 1.14 bits per heavy atom. The summed E-state index contributed by atoms with van der Waals surface area (Å²) in [7, 11) is 0. The van der Waals surface area contributed by atoms with Gasteiger partial charge in [-0.05, 0) is 55.9 Å². The van der Waals surface area contributed by atoms with Crippen LogP contribution in [0.1, 0.15) is 43.7 Å². The lowest BCUT2D eigenvalue weighted by Crippen LogP contribution is -2.41. The summed E-state index contributed by atoms with van der Waals surface area (Å²) in [4.78, 5) is 11.6. The van der Waals surface area contributed by atoms with Crippen LogP contribution >= 0.6 is 0 Å². The number of hydrogen-bond acceptors (Lipinski definition) is 3. The molecular formula is C23H30FN5.